The van der Waals surface area contributed by atoms with E-state index in [0.29, 0.717) is 6.61 Å². The molecule has 0 atom stereocenters. The van der Waals surface area contributed by atoms with Crippen LogP contribution in [0.1, 0.15) is 32.6 Å². The van der Waals surface area contributed by atoms with Gasteiger partial charge in [0.25, 0.3) is 0 Å². The zero-order chi connectivity index (χ0) is 7.66. The second kappa shape index (κ2) is 8.74. The van der Waals surface area contributed by atoms with Gasteiger partial charge in [0, 0.05) is 6.42 Å². The number of rotatable bonds is 4. The first-order valence-electron chi connectivity index (χ1n) is 3.86. The third-order valence-electron chi connectivity index (χ3n) is 1.25. The summed E-state index contributed by atoms with van der Waals surface area (Å²) >= 11 is 0. The summed E-state index contributed by atoms with van der Waals surface area (Å²) in [6.07, 6.45) is 4.86. The van der Waals surface area contributed by atoms with Crippen LogP contribution in [0.15, 0.2) is 0 Å². The van der Waals surface area contributed by atoms with Gasteiger partial charge >= 0.3 is 0 Å². The van der Waals surface area contributed by atoms with Crippen molar-refractivity contribution in [1.29, 1.82) is 0 Å². The largest absolute Gasteiger partial charge is 0.417 e. The standard InChI is InChI=1S/C8H16OSi/c1-2-3-4-5-6-7-8-9-10/h2-5,8H2,1,10H3. The lowest BCUT2D eigenvalue weighted by atomic mass is 10.2. The monoisotopic (exact) mass is 156 g/mol. The minimum Gasteiger partial charge on any atom is -0.417 e. The molecule has 0 aromatic heterocycles. The summed E-state index contributed by atoms with van der Waals surface area (Å²) in [6.45, 7) is 2.84. The molecule has 0 fully saturated rings. The average Bonchev–Trinajstić information content (AvgIpc) is 1.97. The van der Waals surface area contributed by atoms with E-state index in [0.717, 1.165) is 16.9 Å². The van der Waals surface area contributed by atoms with Gasteiger partial charge in [-0.3, -0.25) is 0 Å². The Balaban J connectivity index is 2.96. The number of hydrogen-bond acceptors (Lipinski definition) is 1. The van der Waals surface area contributed by atoms with Crippen LogP contribution >= 0.6 is 0 Å². The Morgan fingerprint density at radius 1 is 1.30 bits per heavy atom. The van der Waals surface area contributed by atoms with Crippen LogP contribution in [-0.4, -0.2) is 17.1 Å². The fraction of sp³-hybridized carbons (Fsp3) is 0.750. The van der Waals surface area contributed by atoms with Crippen molar-refractivity contribution in [3.8, 4) is 11.8 Å². The molecule has 0 unspecified atom stereocenters. The van der Waals surface area contributed by atoms with Gasteiger partial charge in [0.1, 0.15) is 10.5 Å². The summed E-state index contributed by atoms with van der Waals surface area (Å²) < 4.78 is 4.91. The molecule has 0 saturated carbocycles. The Labute approximate surface area is 66.7 Å². The van der Waals surface area contributed by atoms with Crippen molar-refractivity contribution in [2.75, 3.05) is 6.61 Å². The second-order valence-corrected chi connectivity index (χ2v) is 2.82. The van der Waals surface area contributed by atoms with Crippen LogP contribution in [0.3, 0.4) is 0 Å². The molecule has 2 heteroatoms. The van der Waals surface area contributed by atoms with E-state index in [2.05, 4.69) is 18.8 Å². The molecule has 0 aromatic rings. The van der Waals surface area contributed by atoms with Gasteiger partial charge in [-0.1, -0.05) is 25.7 Å². The minimum absolute atomic E-state index is 0.637. The van der Waals surface area contributed by atoms with Gasteiger partial charge in [0.15, 0.2) is 0 Å². The molecule has 58 valence electrons. The third-order valence-corrected chi connectivity index (χ3v) is 1.54. The Bertz CT molecular complexity index is 112. The van der Waals surface area contributed by atoms with Crippen molar-refractivity contribution in [2.24, 2.45) is 0 Å². The van der Waals surface area contributed by atoms with Gasteiger partial charge in [-0.05, 0) is 6.42 Å². The maximum atomic E-state index is 4.91. The molecule has 0 aliphatic heterocycles. The summed E-state index contributed by atoms with van der Waals surface area (Å²) in [6, 6.07) is 0. The molecular formula is C8H16OSi. The predicted octanol–water partition coefficient (Wildman–Crippen LogP) is 0.867. The molecule has 0 heterocycles. The smallest absolute Gasteiger partial charge is 0.147 e. The summed E-state index contributed by atoms with van der Waals surface area (Å²) in [5.41, 5.74) is 0. The molecule has 0 bridgehead atoms. The topological polar surface area (TPSA) is 9.23 Å². The molecule has 0 aliphatic carbocycles. The zero-order valence-corrected chi connectivity index (χ0v) is 8.94. The molecule has 1 nitrogen and oxygen atoms in total. The van der Waals surface area contributed by atoms with Crippen LogP contribution in [-0.2, 0) is 4.43 Å². The highest BCUT2D eigenvalue weighted by atomic mass is 28.2. The fourth-order valence-corrected chi connectivity index (χ4v) is 0.819. The Hall–Kier alpha value is -0.263. The maximum Gasteiger partial charge on any atom is 0.147 e. The zero-order valence-electron chi connectivity index (χ0n) is 6.94. The number of hydrogen-bond donors (Lipinski definition) is 0. The fourth-order valence-electron chi connectivity index (χ4n) is 0.675. The lowest BCUT2D eigenvalue weighted by Gasteiger charge is -1.88. The first-order valence-corrected chi connectivity index (χ1v) is 4.68. The van der Waals surface area contributed by atoms with E-state index in [-0.39, 0.29) is 0 Å². The lowest BCUT2D eigenvalue weighted by Crippen LogP contribution is -1.82. The summed E-state index contributed by atoms with van der Waals surface area (Å²) in [4.78, 5) is 0. The Morgan fingerprint density at radius 2 is 2.10 bits per heavy atom. The highest BCUT2D eigenvalue weighted by Crippen LogP contribution is 1.96. The van der Waals surface area contributed by atoms with E-state index < -0.39 is 0 Å². The molecule has 0 radical (unpaired) electrons. The van der Waals surface area contributed by atoms with Crippen LogP contribution < -0.4 is 0 Å². The van der Waals surface area contributed by atoms with Crippen LogP contribution in [0, 0.1) is 11.8 Å². The van der Waals surface area contributed by atoms with E-state index in [9.17, 15) is 0 Å². The van der Waals surface area contributed by atoms with Crippen molar-refractivity contribution in [1.82, 2.24) is 0 Å². The highest BCUT2D eigenvalue weighted by Gasteiger charge is 1.79. The lowest BCUT2D eigenvalue weighted by molar-refractivity contribution is 0.409. The highest BCUT2D eigenvalue weighted by molar-refractivity contribution is 5.98. The first-order chi connectivity index (χ1) is 4.91. The van der Waals surface area contributed by atoms with Crippen LogP contribution in [0.25, 0.3) is 0 Å². The van der Waals surface area contributed by atoms with Crippen LogP contribution in [0.4, 0.5) is 0 Å². The van der Waals surface area contributed by atoms with Gasteiger partial charge in [-0.15, -0.1) is 5.92 Å². The van der Waals surface area contributed by atoms with Gasteiger partial charge in [0.2, 0.25) is 0 Å². The summed E-state index contributed by atoms with van der Waals surface area (Å²) in [7, 11) is 0.806. The SMILES string of the molecule is CCCCCC#CCO[SiH3]. The van der Waals surface area contributed by atoms with E-state index in [1.54, 1.807) is 0 Å². The third kappa shape index (κ3) is 7.74. The van der Waals surface area contributed by atoms with Crippen molar-refractivity contribution in [3.63, 3.8) is 0 Å². The molecule has 10 heavy (non-hydrogen) atoms. The van der Waals surface area contributed by atoms with E-state index in [1.165, 1.54) is 19.3 Å². The van der Waals surface area contributed by atoms with Crippen LogP contribution in [0.5, 0.6) is 0 Å². The summed E-state index contributed by atoms with van der Waals surface area (Å²) in [5, 5.41) is 0. The van der Waals surface area contributed by atoms with E-state index >= 15 is 0 Å². The van der Waals surface area contributed by atoms with Crippen molar-refractivity contribution in [2.45, 2.75) is 32.6 Å². The molecular weight excluding hydrogens is 140 g/mol. The normalized spacial score (nSPS) is 8.90. The predicted molar refractivity (Wildman–Crippen MR) is 47.8 cm³/mol. The van der Waals surface area contributed by atoms with Crippen molar-refractivity contribution in [3.05, 3.63) is 0 Å². The second-order valence-electron chi connectivity index (χ2n) is 2.24. The molecule has 0 rings (SSSR count). The molecule has 0 spiro atoms. The summed E-state index contributed by atoms with van der Waals surface area (Å²) in [5.74, 6) is 6.02. The van der Waals surface area contributed by atoms with Gasteiger partial charge in [0.05, 0.1) is 6.61 Å². The average molecular weight is 156 g/mol. The van der Waals surface area contributed by atoms with Crippen molar-refractivity contribution < 1.29 is 4.43 Å². The molecule has 0 amide bonds. The Morgan fingerprint density at radius 3 is 2.70 bits per heavy atom. The first kappa shape index (κ1) is 9.74. The van der Waals surface area contributed by atoms with E-state index in [1.807, 2.05) is 0 Å². The minimum atomic E-state index is 0.637. The molecule has 0 aromatic carbocycles. The quantitative estimate of drug-likeness (QED) is 0.333. The van der Waals surface area contributed by atoms with Gasteiger partial charge in [-0.25, -0.2) is 0 Å². The Kier molecular flexibility index (Phi) is 8.51. The maximum absolute atomic E-state index is 4.91. The van der Waals surface area contributed by atoms with Gasteiger partial charge in [-0.2, -0.15) is 0 Å². The molecule has 0 N–H and O–H groups in total. The number of unbranched alkanes of at least 4 members (excludes halogenated alkanes) is 3. The molecule has 0 aliphatic rings. The van der Waals surface area contributed by atoms with Crippen LogP contribution in [0.2, 0.25) is 0 Å². The van der Waals surface area contributed by atoms with Gasteiger partial charge < -0.3 is 4.43 Å². The molecule has 0 saturated heterocycles. The van der Waals surface area contributed by atoms with E-state index in [4.69, 9.17) is 4.43 Å². The van der Waals surface area contributed by atoms with Crippen molar-refractivity contribution >= 4 is 10.5 Å².